The Morgan fingerprint density at radius 3 is 2.10 bits per heavy atom. The molecule has 0 amide bonds. The number of fused-ring (bicyclic) bond motifs is 4. The van der Waals surface area contributed by atoms with Crippen LogP contribution in [0.15, 0.2) is 115 Å². The van der Waals surface area contributed by atoms with Crippen molar-refractivity contribution in [2.24, 2.45) is 0 Å². The third kappa shape index (κ3) is 6.29. The molecule has 0 saturated carbocycles. The molecule has 0 atom stereocenters. The van der Waals surface area contributed by atoms with Crippen LogP contribution in [0.2, 0.25) is 0 Å². The number of anilines is 3. The molecule has 2 aromatic heterocycles. The van der Waals surface area contributed by atoms with Crippen molar-refractivity contribution in [1.29, 1.82) is 0 Å². The van der Waals surface area contributed by atoms with Gasteiger partial charge in [0.25, 0.3) is 0 Å². The fourth-order valence-electron chi connectivity index (χ4n) is 7.17. The maximum absolute atomic E-state index is 6.51. The van der Waals surface area contributed by atoms with Gasteiger partial charge in [-0.25, -0.2) is 4.98 Å². The molecule has 0 fully saturated rings. The first-order valence-corrected chi connectivity index (χ1v) is 17.7. The molecule has 6 nitrogen and oxygen atoms in total. The second-order valence-electron chi connectivity index (χ2n) is 14.8. The first-order chi connectivity index (χ1) is 24.6. The molecule has 0 radical (unpaired) electrons. The van der Waals surface area contributed by atoms with Gasteiger partial charge in [0.1, 0.15) is 22.7 Å². The van der Waals surface area contributed by atoms with E-state index in [1.54, 1.807) is 0 Å². The zero-order chi connectivity index (χ0) is 35.4. The minimum atomic E-state index is -0.190. The van der Waals surface area contributed by atoms with Gasteiger partial charge in [0, 0.05) is 50.0 Å². The van der Waals surface area contributed by atoms with Crippen molar-refractivity contribution in [2.75, 3.05) is 10.1 Å². The number of ether oxygens (including phenoxy) is 1. The van der Waals surface area contributed by atoms with E-state index in [-0.39, 0.29) is 26.6 Å². The third-order valence-electron chi connectivity index (χ3n) is 9.55. The number of hydrogen-bond donors (Lipinski definition) is 0. The van der Waals surface area contributed by atoms with Crippen molar-refractivity contribution in [3.63, 3.8) is 0 Å². The molecule has 0 saturated heterocycles. The second kappa shape index (κ2) is 13.9. The Kier molecular flexibility index (Phi) is 9.50. The first kappa shape index (κ1) is 35.5. The summed E-state index contributed by atoms with van der Waals surface area (Å²) in [4.78, 5) is 9.92. The number of para-hydroxylation sites is 3. The molecule has 1 N–H and O–H groups in total. The van der Waals surface area contributed by atoms with Crippen LogP contribution in [0.3, 0.4) is 0 Å². The number of rotatable bonds is 7. The molecule has 7 heteroatoms. The number of pyridine rings is 1. The molecular formula is C45H43N4O2Pt-. The van der Waals surface area contributed by atoms with Crippen LogP contribution in [0, 0.1) is 12.1 Å². The van der Waals surface area contributed by atoms with E-state index in [1.807, 2.05) is 47.7 Å². The first-order valence-electron chi connectivity index (χ1n) is 17.7. The van der Waals surface area contributed by atoms with Gasteiger partial charge in [0.15, 0.2) is 0 Å². The van der Waals surface area contributed by atoms with Crippen molar-refractivity contribution in [1.82, 2.24) is 9.55 Å². The van der Waals surface area contributed by atoms with E-state index in [9.17, 15) is 0 Å². The number of aromatic nitrogens is 2. The van der Waals surface area contributed by atoms with Crippen molar-refractivity contribution in [3.8, 4) is 28.4 Å². The Morgan fingerprint density at radius 2 is 1.37 bits per heavy atom. The van der Waals surface area contributed by atoms with E-state index in [2.05, 4.69) is 143 Å². The monoisotopic (exact) mass is 866 g/mol. The number of nitrogens with zero attached hydrogens (tertiary/aromatic N) is 4. The summed E-state index contributed by atoms with van der Waals surface area (Å²) in [5, 5.41) is 6.21. The zero-order valence-corrected chi connectivity index (χ0v) is 32.9. The molecule has 52 heavy (non-hydrogen) atoms. The molecule has 0 spiro atoms. The van der Waals surface area contributed by atoms with Gasteiger partial charge in [0.2, 0.25) is 0 Å². The second-order valence-corrected chi connectivity index (χ2v) is 14.8. The Bertz CT molecular complexity index is 2380. The van der Waals surface area contributed by atoms with Crippen LogP contribution in [0.25, 0.3) is 38.8 Å². The Balaban J connectivity index is 0.00000420. The van der Waals surface area contributed by atoms with E-state index in [0.29, 0.717) is 23.3 Å². The fraction of sp³-hybridized carbons (Fsp3) is 0.222. The summed E-state index contributed by atoms with van der Waals surface area (Å²) in [6, 6.07) is 44.9. The van der Waals surface area contributed by atoms with Crippen molar-refractivity contribution in [3.05, 3.63) is 139 Å². The largest absolute Gasteiger partial charge is 0.509 e. The minimum absolute atomic E-state index is 0. The molecule has 0 bridgehead atoms. The summed E-state index contributed by atoms with van der Waals surface area (Å²) in [6.07, 6.45) is 1.93. The average molecular weight is 867 g/mol. The van der Waals surface area contributed by atoms with E-state index in [1.165, 1.54) is 16.7 Å². The van der Waals surface area contributed by atoms with Gasteiger partial charge in [0.05, 0.1) is 0 Å². The summed E-state index contributed by atoms with van der Waals surface area (Å²) >= 11 is 0. The minimum Gasteiger partial charge on any atom is -0.509 e. The van der Waals surface area contributed by atoms with Gasteiger partial charge >= 0.3 is 0 Å². The number of benzene rings is 5. The fourth-order valence-corrected chi connectivity index (χ4v) is 7.17. The molecule has 8 rings (SSSR count). The van der Waals surface area contributed by atoms with Crippen molar-refractivity contribution < 1.29 is 30.7 Å². The molecule has 5 aromatic carbocycles. The maximum atomic E-state index is 6.51. The van der Waals surface area contributed by atoms with Crippen LogP contribution in [0.5, 0.6) is 11.5 Å². The predicted molar refractivity (Wildman–Crippen MR) is 209 cm³/mol. The number of hydroxylamine groups is 1. The summed E-state index contributed by atoms with van der Waals surface area (Å²) in [5.41, 5.74) is 9.79. The molecule has 0 aliphatic carbocycles. The topological polar surface area (TPSA) is 46.3 Å². The van der Waals surface area contributed by atoms with E-state index >= 15 is 0 Å². The summed E-state index contributed by atoms with van der Waals surface area (Å²) in [6.45, 7) is 15.5. The maximum Gasteiger partial charge on any atom is 0.145 e. The van der Waals surface area contributed by atoms with E-state index in [0.717, 1.165) is 50.2 Å². The van der Waals surface area contributed by atoms with Crippen LogP contribution < -0.4 is 14.9 Å². The van der Waals surface area contributed by atoms with Crippen LogP contribution in [0.4, 0.5) is 17.1 Å². The molecule has 0 unspecified atom stereocenters. The van der Waals surface area contributed by atoms with Crippen molar-refractivity contribution in [2.45, 2.75) is 65.8 Å². The summed E-state index contributed by atoms with van der Waals surface area (Å²) < 4.78 is 8.71. The summed E-state index contributed by atoms with van der Waals surface area (Å²) in [5.74, 6) is 2.79. The van der Waals surface area contributed by atoms with Gasteiger partial charge in [-0.3, -0.25) is 0 Å². The third-order valence-corrected chi connectivity index (χ3v) is 9.55. The SMILES string of the molecule is CC(C)c1cccc(C(C)C)c1-c1ccnc(-n2c3[c-]c(Oc4[c-]c(N5[OH+]N(C(C)(C)C)c6ccccc65)ccc4)ccc3c3ccccc32)c1.[Pt]. The molecule has 7 aromatic rings. The normalized spacial score (nSPS) is 12.9. The molecule has 3 heterocycles. The predicted octanol–water partition coefficient (Wildman–Crippen LogP) is 12.1. The molecule has 1 aliphatic heterocycles. The Morgan fingerprint density at radius 1 is 0.692 bits per heavy atom. The number of hydrogen-bond acceptors (Lipinski definition) is 4. The molecule has 1 aliphatic rings. The van der Waals surface area contributed by atoms with Gasteiger partial charge in [-0.05, 0) is 90.6 Å². The van der Waals surface area contributed by atoms with Gasteiger partial charge < -0.3 is 9.30 Å². The van der Waals surface area contributed by atoms with Crippen LogP contribution in [-0.4, -0.2) is 20.0 Å². The molecular weight excluding hydrogens is 824 g/mol. The molecule has 266 valence electrons. The van der Waals surface area contributed by atoms with Crippen LogP contribution in [0.1, 0.15) is 71.4 Å². The smallest absolute Gasteiger partial charge is 0.145 e. The Labute approximate surface area is 320 Å². The van der Waals surface area contributed by atoms with Crippen LogP contribution >= 0.6 is 0 Å². The Hall–Kier alpha value is -4.90. The zero-order valence-electron chi connectivity index (χ0n) is 30.6. The van der Waals surface area contributed by atoms with E-state index < -0.39 is 0 Å². The van der Waals surface area contributed by atoms with Gasteiger partial charge in [-0.15, -0.1) is 45.8 Å². The average Bonchev–Trinajstić information content (AvgIpc) is 3.68. The van der Waals surface area contributed by atoms with Gasteiger partial charge in [-0.2, -0.15) is 17.1 Å². The van der Waals surface area contributed by atoms with Crippen LogP contribution in [-0.2, 0) is 21.1 Å². The van der Waals surface area contributed by atoms with E-state index in [4.69, 9.17) is 14.7 Å². The van der Waals surface area contributed by atoms with Gasteiger partial charge in [-0.1, -0.05) is 81.7 Å². The van der Waals surface area contributed by atoms with Crippen molar-refractivity contribution >= 4 is 38.9 Å². The summed E-state index contributed by atoms with van der Waals surface area (Å²) in [7, 11) is 0. The standard InChI is InChI=1S/C45H42N4O2.Pt/c1-29(2)35-17-13-18-36(30(3)4)44(35)31-24-25-46-43(26-31)47-39-19-9-8-16-37(39)38-23-22-34(28-42(38)47)50-33-15-12-14-32(27-33)48-40-20-10-11-21-41(40)49(51-48)45(5,6)7;/h8-26,29-30H,1-7H3;/q-2;/p+1. The quantitative estimate of drug-likeness (QED) is 0.118.